The Morgan fingerprint density at radius 3 is 2.74 bits per heavy atom. The topological polar surface area (TPSA) is 66.0 Å². The standard InChI is InChI=1S/C13H14N4OS/c1-7-4-13(17(3)16-7)18-11-6-10-12(5-9(11)14)19-8(2)15-10/h4-6H,14H2,1-3H3. The molecule has 3 rings (SSSR count). The predicted octanol–water partition coefficient (Wildman–Crippen LogP) is 3.02. The molecule has 0 saturated heterocycles. The van der Waals surface area contributed by atoms with E-state index in [4.69, 9.17) is 10.5 Å². The first-order valence-corrected chi connectivity index (χ1v) is 6.70. The minimum atomic E-state index is 0.606. The van der Waals surface area contributed by atoms with Crippen LogP contribution < -0.4 is 10.5 Å². The molecule has 5 nitrogen and oxygen atoms in total. The van der Waals surface area contributed by atoms with E-state index in [1.165, 1.54) is 0 Å². The Labute approximate surface area is 114 Å². The summed E-state index contributed by atoms with van der Waals surface area (Å²) in [6.07, 6.45) is 0. The zero-order valence-corrected chi connectivity index (χ0v) is 11.8. The summed E-state index contributed by atoms with van der Waals surface area (Å²) in [4.78, 5) is 4.44. The average molecular weight is 274 g/mol. The van der Waals surface area contributed by atoms with E-state index in [1.807, 2.05) is 39.1 Å². The summed E-state index contributed by atoms with van der Waals surface area (Å²) in [6, 6.07) is 5.64. The second kappa shape index (κ2) is 4.24. The Balaban J connectivity index is 2.04. The zero-order chi connectivity index (χ0) is 13.6. The summed E-state index contributed by atoms with van der Waals surface area (Å²) in [5.74, 6) is 1.27. The Hall–Kier alpha value is -2.08. The number of nitrogen functional groups attached to an aromatic ring is 1. The number of nitrogens with two attached hydrogens (primary N) is 1. The molecule has 2 heterocycles. The number of anilines is 1. The largest absolute Gasteiger partial charge is 0.437 e. The third-order valence-corrected chi connectivity index (χ3v) is 3.73. The number of benzene rings is 1. The second-order valence-electron chi connectivity index (χ2n) is 4.44. The fourth-order valence-electron chi connectivity index (χ4n) is 1.97. The third kappa shape index (κ3) is 2.15. The van der Waals surface area contributed by atoms with Crippen molar-refractivity contribution in [3.8, 4) is 11.6 Å². The number of thiazole rings is 1. The predicted molar refractivity (Wildman–Crippen MR) is 76.8 cm³/mol. The monoisotopic (exact) mass is 274 g/mol. The van der Waals surface area contributed by atoms with Gasteiger partial charge in [0, 0.05) is 19.2 Å². The van der Waals surface area contributed by atoms with Crippen molar-refractivity contribution < 1.29 is 4.74 Å². The minimum Gasteiger partial charge on any atom is -0.437 e. The summed E-state index contributed by atoms with van der Waals surface area (Å²) >= 11 is 1.62. The van der Waals surface area contributed by atoms with E-state index >= 15 is 0 Å². The van der Waals surface area contributed by atoms with Gasteiger partial charge in [0.15, 0.2) is 5.75 Å². The molecule has 6 heteroatoms. The van der Waals surface area contributed by atoms with E-state index in [-0.39, 0.29) is 0 Å². The Kier molecular flexibility index (Phi) is 2.67. The van der Waals surface area contributed by atoms with Crippen molar-refractivity contribution >= 4 is 27.2 Å². The van der Waals surface area contributed by atoms with Gasteiger partial charge in [-0.15, -0.1) is 11.3 Å². The molecule has 0 aliphatic rings. The molecule has 0 aliphatic carbocycles. The molecule has 0 aliphatic heterocycles. The van der Waals surface area contributed by atoms with E-state index in [2.05, 4.69) is 10.1 Å². The van der Waals surface area contributed by atoms with E-state index in [0.717, 1.165) is 20.9 Å². The lowest BCUT2D eigenvalue weighted by Crippen LogP contribution is -1.97. The van der Waals surface area contributed by atoms with Gasteiger partial charge in [0.05, 0.1) is 26.6 Å². The Morgan fingerprint density at radius 1 is 1.26 bits per heavy atom. The quantitative estimate of drug-likeness (QED) is 0.729. The number of aromatic nitrogens is 3. The minimum absolute atomic E-state index is 0.606. The van der Waals surface area contributed by atoms with E-state index in [1.54, 1.807) is 16.0 Å². The molecule has 0 saturated carbocycles. The Bertz CT molecular complexity index is 759. The van der Waals surface area contributed by atoms with Crippen LogP contribution in [0.1, 0.15) is 10.7 Å². The van der Waals surface area contributed by atoms with Crippen LogP contribution >= 0.6 is 11.3 Å². The molecule has 19 heavy (non-hydrogen) atoms. The number of nitrogens with zero attached hydrogens (tertiary/aromatic N) is 3. The molecule has 0 radical (unpaired) electrons. The molecule has 1 aromatic carbocycles. The third-order valence-electron chi connectivity index (χ3n) is 2.80. The lowest BCUT2D eigenvalue weighted by Gasteiger charge is -2.07. The summed E-state index contributed by atoms with van der Waals surface area (Å²) in [5.41, 5.74) is 8.44. The molecule has 0 spiro atoms. The Morgan fingerprint density at radius 2 is 2.05 bits per heavy atom. The summed E-state index contributed by atoms with van der Waals surface area (Å²) < 4.78 is 8.58. The van der Waals surface area contributed by atoms with Crippen molar-refractivity contribution in [1.29, 1.82) is 0 Å². The lowest BCUT2D eigenvalue weighted by molar-refractivity contribution is 0.433. The van der Waals surface area contributed by atoms with Crippen LogP contribution in [0.25, 0.3) is 10.2 Å². The van der Waals surface area contributed by atoms with Crippen molar-refractivity contribution in [3.05, 3.63) is 28.9 Å². The number of ether oxygens (including phenoxy) is 1. The van der Waals surface area contributed by atoms with Crippen molar-refractivity contribution in [2.75, 3.05) is 5.73 Å². The molecule has 0 amide bonds. The van der Waals surface area contributed by atoms with Crippen LogP contribution in [-0.4, -0.2) is 14.8 Å². The molecule has 0 unspecified atom stereocenters. The highest BCUT2D eigenvalue weighted by molar-refractivity contribution is 7.18. The van der Waals surface area contributed by atoms with Gasteiger partial charge < -0.3 is 10.5 Å². The molecule has 3 aromatic rings. The average Bonchev–Trinajstić information content (AvgIpc) is 2.81. The number of fused-ring (bicyclic) bond motifs is 1. The SMILES string of the molecule is Cc1cc(Oc2cc3nc(C)sc3cc2N)n(C)n1. The molecule has 0 atom stereocenters. The van der Waals surface area contributed by atoms with Gasteiger partial charge in [0.1, 0.15) is 0 Å². The molecule has 0 bridgehead atoms. The van der Waals surface area contributed by atoms with Crippen molar-refractivity contribution in [2.45, 2.75) is 13.8 Å². The van der Waals surface area contributed by atoms with Crippen LogP contribution in [-0.2, 0) is 7.05 Å². The first-order chi connectivity index (χ1) is 9.02. The van der Waals surface area contributed by atoms with E-state index < -0.39 is 0 Å². The number of hydrogen-bond donors (Lipinski definition) is 1. The highest BCUT2D eigenvalue weighted by atomic mass is 32.1. The summed E-state index contributed by atoms with van der Waals surface area (Å²) in [6.45, 7) is 3.90. The fraction of sp³-hybridized carbons (Fsp3) is 0.231. The van der Waals surface area contributed by atoms with Gasteiger partial charge >= 0.3 is 0 Å². The number of rotatable bonds is 2. The molecule has 0 fully saturated rings. The first-order valence-electron chi connectivity index (χ1n) is 5.88. The van der Waals surface area contributed by atoms with E-state index in [0.29, 0.717) is 17.3 Å². The molecular weight excluding hydrogens is 260 g/mol. The van der Waals surface area contributed by atoms with Gasteiger partial charge in [-0.1, -0.05) is 0 Å². The maximum atomic E-state index is 6.02. The maximum absolute atomic E-state index is 6.02. The van der Waals surface area contributed by atoms with Gasteiger partial charge in [-0.25, -0.2) is 9.67 Å². The molecule has 2 N–H and O–H groups in total. The van der Waals surface area contributed by atoms with Crippen molar-refractivity contribution in [2.24, 2.45) is 7.05 Å². The van der Waals surface area contributed by atoms with Crippen LogP contribution in [0.2, 0.25) is 0 Å². The van der Waals surface area contributed by atoms with Crippen molar-refractivity contribution in [1.82, 2.24) is 14.8 Å². The highest BCUT2D eigenvalue weighted by Crippen LogP contribution is 2.34. The molecule has 98 valence electrons. The van der Waals surface area contributed by atoms with Crippen LogP contribution in [0.15, 0.2) is 18.2 Å². The normalized spacial score (nSPS) is 11.1. The van der Waals surface area contributed by atoms with Crippen LogP contribution in [0.4, 0.5) is 5.69 Å². The van der Waals surface area contributed by atoms with Gasteiger partial charge in [-0.3, -0.25) is 0 Å². The second-order valence-corrected chi connectivity index (χ2v) is 5.68. The van der Waals surface area contributed by atoms with Crippen LogP contribution in [0.5, 0.6) is 11.6 Å². The van der Waals surface area contributed by atoms with E-state index in [9.17, 15) is 0 Å². The van der Waals surface area contributed by atoms with Gasteiger partial charge in [-0.05, 0) is 19.9 Å². The summed E-state index contributed by atoms with van der Waals surface area (Å²) in [7, 11) is 1.84. The van der Waals surface area contributed by atoms with Crippen molar-refractivity contribution in [3.63, 3.8) is 0 Å². The molecular formula is C13H14N4OS. The lowest BCUT2D eigenvalue weighted by atomic mass is 10.3. The summed E-state index contributed by atoms with van der Waals surface area (Å²) in [5, 5.41) is 5.26. The maximum Gasteiger partial charge on any atom is 0.217 e. The first kappa shape index (κ1) is 12.0. The van der Waals surface area contributed by atoms with Gasteiger partial charge in [0.25, 0.3) is 0 Å². The van der Waals surface area contributed by atoms with Crippen LogP contribution in [0, 0.1) is 13.8 Å². The number of hydrogen-bond acceptors (Lipinski definition) is 5. The number of aryl methyl sites for hydroxylation is 3. The smallest absolute Gasteiger partial charge is 0.217 e. The fourth-order valence-corrected chi connectivity index (χ4v) is 2.83. The molecule has 2 aromatic heterocycles. The zero-order valence-electron chi connectivity index (χ0n) is 11.0. The van der Waals surface area contributed by atoms with Gasteiger partial charge in [-0.2, -0.15) is 5.10 Å². The van der Waals surface area contributed by atoms with Gasteiger partial charge in [0.2, 0.25) is 5.88 Å². The highest BCUT2D eigenvalue weighted by Gasteiger charge is 2.10. The van der Waals surface area contributed by atoms with Crippen LogP contribution in [0.3, 0.4) is 0 Å².